The van der Waals surface area contributed by atoms with Gasteiger partial charge in [0, 0.05) is 49.9 Å². The number of hydrogen-bond donors (Lipinski definition) is 1. The summed E-state index contributed by atoms with van der Waals surface area (Å²) in [7, 11) is 0. The van der Waals surface area contributed by atoms with Gasteiger partial charge in [0.2, 0.25) is 5.88 Å². The van der Waals surface area contributed by atoms with Gasteiger partial charge in [-0.05, 0) is 86.4 Å². The molecule has 0 radical (unpaired) electrons. The summed E-state index contributed by atoms with van der Waals surface area (Å²) in [6.45, 7) is 13.0. The van der Waals surface area contributed by atoms with Crippen molar-refractivity contribution in [3.8, 4) is 0 Å². The van der Waals surface area contributed by atoms with E-state index in [4.69, 9.17) is 16.2 Å². The number of halogens is 4. The maximum Gasteiger partial charge on any atom is 0.415 e. The Morgan fingerprint density at radius 2 is 1.80 bits per heavy atom. The van der Waals surface area contributed by atoms with E-state index in [0.717, 1.165) is 55.6 Å². The van der Waals surface area contributed by atoms with Crippen molar-refractivity contribution >= 4 is 35.6 Å². The predicted octanol–water partition coefficient (Wildman–Crippen LogP) is 7.75. The fourth-order valence-corrected chi connectivity index (χ4v) is 5.24. The van der Waals surface area contributed by atoms with Crippen LogP contribution in [0.25, 0.3) is 4.85 Å². The number of fused-ring (bicyclic) bond motifs is 1. The van der Waals surface area contributed by atoms with Crippen LogP contribution in [0.3, 0.4) is 0 Å². The Balaban J connectivity index is 0.00000462. The highest BCUT2D eigenvalue weighted by atomic mass is 35.5. The van der Waals surface area contributed by atoms with Gasteiger partial charge in [-0.2, -0.15) is 13.2 Å². The Morgan fingerprint density at radius 1 is 1.07 bits per heavy atom. The number of alkyl halides is 3. The summed E-state index contributed by atoms with van der Waals surface area (Å²) in [5.41, 5.74) is 4.66. The third kappa shape index (κ3) is 8.17. The molecule has 0 amide bonds. The van der Waals surface area contributed by atoms with E-state index >= 15 is 0 Å². The largest absolute Gasteiger partial charge is 0.481 e. The maximum absolute atomic E-state index is 13.6. The van der Waals surface area contributed by atoms with Gasteiger partial charge in [0.15, 0.2) is 5.69 Å². The molecule has 1 aliphatic carbocycles. The lowest BCUT2D eigenvalue weighted by Gasteiger charge is -2.30. The highest BCUT2D eigenvalue weighted by molar-refractivity contribution is 5.85. The van der Waals surface area contributed by atoms with Crippen molar-refractivity contribution in [2.75, 3.05) is 22.9 Å². The molecule has 3 aromatic rings. The van der Waals surface area contributed by atoms with Gasteiger partial charge in [-0.15, -0.1) is 12.4 Å². The zero-order valence-electron chi connectivity index (χ0n) is 23.1. The number of unbranched alkanes of at least 4 members (excludes halogenated alkanes) is 1. The Morgan fingerprint density at radius 3 is 2.41 bits per heavy atom. The Kier molecular flexibility index (Phi) is 10.7. The van der Waals surface area contributed by atoms with E-state index in [0.29, 0.717) is 36.7 Å². The van der Waals surface area contributed by atoms with Crippen LogP contribution in [0.15, 0.2) is 40.9 Å². The van der Waals surface area contributed by atoms with Gasteiger partial charge in [-0.1, -0.05) is 17.3 Å². The van der Waals surface area contributed by atoms with E-state index in [1.807, 2.05) is 4.90 Å². The standard InChI is InChI=1S/C30H33F3N4O3.ClH/c1-4-36(11-6-5-10-29(38)39)27-16-23-9-7-8-22(23)15-24(27)19-37(28-12-20(2)35-40-28)18-21-13-25(30(31,32)33)17-26(14-21)34-3;/h12-17H,4-11,18-19H2,1-2H3,(H,38,39);1H. The van der Waals surface area contributed by atoms with Gasteiger partial charge < -0.3 is 19.4 Å². The predicted molar refractivity (Wildman–Crippen MR) is 154 cm³/mol. The minimum atomic E-state index is -4.57. The number of hydrogen-bond acceptors (Lipinski definition) is 5. The molecule has 0 unspecified atom stereocenters. The molecule has 0 aliphatic heterocycles. The summed E-state index contributed by atoms with van der Waals surface area (Å²) in [6.07, 6.45) is -0.114. The van der Waals surface area contributed by atoms with Crippen molar-refractivity contribution in [3.05, 3.63) is 81.3 Å². The highest BCUT2D eigenvalue weighted by Gasteiger charge is 2.31. The van der Waals surface area contributed by atoms with E-state index in [-0.39, 0.29) is 31.1 Å². The molecular formula is C30H34ClF3N4O3. The van der Waals surface area contributed by atoms with Crippen LogP contribution in [-0.4, -0.2) is 29.3 Å². The van der Waals surface area contributed by atoms with Gasteiger partial charge in [-0.3, -0.25) is 4.79 Å². The summed E-state index contributed by atoms with van der Waals surface area (Å²) in [6, 6.07) is 9.56. The molecule has 2 aromatic carbocycles. The Bertz CT molecular complexity index is 1400. The van der Waals surface area contributed by atoms with Gasteiger partial charge >= 0.3 is 12.1 Å². The van der Waals surface area contributed by atoms with Crippen LogP contribution in [0.1, 0.15) is 66.1 Å². The zero-order valence-corrected chi connectivity index (χ0v) is 23.9. The number of anilines is 2. The molecule has 1 aliphatic rings. The minimum Gasteiger partial charge on any atom is -0.481 e. The lowest BCUT2D eigenvalue weighted by Crippen LogP contribution is -2.28. The number of carboxylic acid groups (broad SMARTS) is 1. The summed E-state index contributed by atoms with van der Waals surface area (Å²) in [5.74, 6) is -0.384. The first kappa shape index (κ1) is 31.8. The van der Waals surface area contributed by atoms with Crippen molar-refractivity contribution in [2.24, 2.45) is 0 Å². The van der Waals surface area contributed by atoms with Crippen LogP contribution >= 0.6 is 12.4 Å². The first-order chi connectivity index (χ1) is 19.1. The second-order valence-electron chi connectivity index (χ2n) is 10.2. The molecule has 4 rings (SSSR count). The first-order valence-electron chi connectivity index (χ1n) is 13.5. The van der Waals surface area contributed by atoms with Crippen LogP contribution in [0.4, 0.5) is 30.4 Å². The molecule has 1 N–H and O–H groups in total. The van der Waals surface area contributed by atoms with E-state index < -0.39 is 17.7 Å². The van der Waals surface area contributed by atoms with Gasteiger partial charge in [0.1, 0.15) is 0 Å². The van der Waals surface area contributed by atoms with Crippen LogP contribution in [0, 0.1) is 13.5 Å². The number of rotatable bonds is 12. The fourth-order valence-electron chi connectivity index (χ4n) is 5.24. The van der Waals surface area contributed by atoms with Crippen molar-refractivity contribution < 1.29 is 27.6 Å². The minimum absolute atomic E-state index is 0. The second kappa shape index (κ2) is 13.8. The molecule has 0 bridgehead atoms. The van der Waals surface area contributed by atoms with Gasteiger partial charge in [0.05, 0.1) is 12.3 Å². The van der Waals surface area contributed by atoms with Crippen LogP contribution in [0.5, 0.6) is 0 Å². The summed E-state index contributed by atoms with van der Waals surface area (Å²) < 4.78 is 46.3. The van der Waals surface area contributed by atoms with Crippen molar-refractivity contribution in [1.29, 1.82) is 0 Å². The number of aromatic nitrogens is 1. The number of carbonyl (C=O) groups is 1. The van der Waals surface area contributed by atoms with E-state index in [9.17, 15) is 18.0 Å². The van der Waals surface area contributed by atoms with Crippen LogP contribution in [0.2, 0.25) is 0 Å². The average molecular weight is 591 g/mol. The number of carboxylic acids is 1. The van der Waals surface area contributed by atoms with Gasteiger partial charge in [-0.25, -0.2) is 4.85 Å². The first-order valence-corrected chi connectivity index (χ1v) is 13.5. The highest BCUT2D eigenvalue weighted by Crippen LogP contribution is 2.36. The average Bonchev–Trinajstić information content (AvgIpc) is 3.55. The molecule has 1 heterocycles. The molecule has 11 heteroatoms. The van der Waals surface area contributed by atoms with Crippen molar-refractivity contribution in [3.63, 3.8) is 0 Å². The lowest BCUT2D eigenvalue weighted by molar-refractivity contribution is -0.138. The molecule has 0 saturated heterocycles. The van der Waals surface area contributed by atoms with E-state index in [1.165, 1.54) is 17.2 Å². The Labute approximate surface area is 244 Å². The number of aliphatic carboxylic acids is 1. The second-order valence-corrected chi connectivity index (χ2v) is 10.2. The monoisotopic (exact) mass is 590 g/mol. The molecule has 1 aromatic heterocycles. The van der Waals surface area contributed by atoms with Crippen LogP contribution < -0.4 is 9.80 Å². The third-order valence-corrected chi connectivity index (χ3v) is 7.18. The summed E-state index contributed by atoms with van der Waals surface area (Å²) >= 11 is 0. The molecule has 0 atom stereocenters. The lowest BCUT2D eigenvalue weighted by atomic mass is 10.0. The summed E-state index contributed by atoms with van der Waals surface area (Å²) in [5, 5.41) is 13.0. The van der Waals surface area contributed by atoms with E-state index in [2.05, 4.69) is 34.0 Å². The number of aryl methyl sites for hydroxylation is 3. The molecule has 0 saturated carbocycles. The molecule has 41 heavy (non-hydrogen) atoms. The third-order valence-electron chi connectivity index (χ3n) is 7.18. The molecule has 7 nitrogen and oxygen atoms in total. The molecule has 0 fully saturated rings. The quantitative estimate of drug-likeness (QED) is 0.172. The summed E-state index contributed by atoms with van der Waals surface area (Å²) in [4.78, 5) is 18.3. The molecule has 0 spiro atoms. The normalized spacial score (nSPS) is 12.4. The zero-order chi connectivity index (χ0) is 28.9. The number of benzene rings is 2. The molecular weight excluding hydrogens is 557 g/mol. The maximum atomic E-state index is 13.6. The topological polar surface area (TPSA) is 74.2 Å². The number of nitrogens with zero attached hydrogens (tertiary/aromatic N) is 4. The van der Waals surface area contributed by atoms with Crippen molar-refractivity contribution in [2.45, 2.75) is 71.6 Å². The van der Waals surface area contributed by atoms with Crippen molar-refractivity contribution in [1.82, 2.24) is 5.16 Å². The molecule has 220 valence electrons. The van der Waals surface area contributed by atoms with Crippen LogP contribution in [-0.2, 0) is 36.9 Å². The SMILES string of the molecule is Cl.[C-]#[N+]c1cc(CN(Cc2cc3c(cc2N(CC)CCCCC(=O)O)CCC3)c2cc(C)no2)cc(C(F)(F)F)c1. The fraction of sp³-hybridized carbons (Fsp3) is 0.433. The van der Waals surface area contributed by atoms with Gasteiger partial charge in [0.25, 0.3) is 0 Å². The smallest absolute Gasteiger partial charge is 0.415 e. The van der Waals surface area contributed by atoms with E-state index in [1.54, 1.807) is 13.0 Å². The Hall–Kier alpha value is -3.71.